The van der Waals surface area contributed by atoms with Crippen LogP contribution in [0.3, 0.4) is 0 Å². The molecule has 5 nitrogen and oxygen atoms in total. The quantitative estimate of drug-likeness (QED) is 0.889. The summed E-state index contributed by atoms with van der Waals surface area (Å²) < 4.78 is 1.74. The zero-order valence-electron chi connectivity index (χ0n) is 11.0. The van der Waals surface area contributed by atoms with Gasteiger partial charge >= 0.3 is 0 Å². The molecule has 1 aromatic rings. The van der Waals surface area contributed by atoms with Crippen molar-refractivity contribution in [3.8, 4) is 6.07 Å². The molecule has 1 fully saturated rings. The smallest absolute Gasteiger partial charge is 0.246 e. The fourth-order valence-corrected chi connectivity index (χ4v) is 2.52. The Labute approximate surface area is 107 Å². The van der Waals surface area contributed by atoms with Gasteiger partial charge in [0.05, 0.1) is 12.3 Å². The topological polar surface area (TPSA) is 70.7 Å². The SMILES string of the molecule is CC1CC(C#N)(C(=O)Nc2ccnn2C(C)C)C1. The number of nitrogens with one attached hydrogen (secondary N) is 1. The molecule has 1 N–H and O–H groups in total. The van der Waals surface area contributed by atoms with Gasteiger partial charge in [-0.1, -0.05) is 6.92 Å². The monoisotopic (exact) mass is 246 g/mol. The number of nitrogens with zero attached hydrogens (tertiary/aromatic N) is 3. The maximum Gasteiger partial charge on any atom is 0.246 e. The van der Waals surface area contributed by atoms with Gasteiger partial charge in [0.25, 0.3) is 0 Å². The summed E-state index contributed by atoms with van der Waals surface area (Å²) in [6.07, 6.45) is 2.94. The molecule has 5 heteroatoms. The third kappa shape index (κ3) is 1.99. The zero-order valence-corrected chi connectivity index (χ0v) is 11.0. The Kier molecular flexibility index (Phi) is 3.12. The van der Waals surface area contributed by atoms with Crippen LogP contribution in [0.2, 0.25) is 0 Å². The van der Waals surface area contributed by atoms with E-state index in [9.17, 15) is 10.1 Å². The highest BCUT2D eigenvalue weighted by Gasteiger charge is 2.49. The maximum absolute atomic E-state index is 12.2. The molecule has 96 valence electrons. The average Bonchev–Trinajstić information content (AvgIpc) is 2.72. The molecule has 0 aromatic carbocycles. The van der Waals surface area contributed by atoms with Crippen molar-refractivity contribution in [3.05, 3.63) is 12.3 Å². The second kappa shape index (κ2) is 4.45. The number of hydrogen-bond donors (Lipinski definition) is 1. The van der Waals surface area contributed by atoms with E-state index in [4.69, 9.17) is 0 Å². The highest BCUT2D eigenvalue weighted by atomic mass is 16.2. The van der Waals surface area contributed by atoms with E-state index < -0.39 is 5.41 Å². The van der Waals surface area contributed by atoms with E-state index in [2.05, 4.69) is 23.4 Å². The van der Waals surface area contributed by atoms with Crippen LogP contribution in [-0.4, -0.2) is 15.7 Å². The molecule has 1 aromatic heterocycles. The Balaban J connectivity index is 2.12. The lowest BCUT2D eigenvalue weighted by Crippen LogP contribution is -2.45. The predicted molar refractivity (Wildman–Crippen MR) is 67.7 cm³/mol. The van der Waals surface area contributed by atoms with Crippen LogP contribution in [0.15, 0.2) is 12.3 Å². The molecule has 1 heterocycles. The second-order valence-electron chi connectivity index (χ2n) is 5.42. The number of carbonyl (C=O) groups is 1. The van der Waals surface area contributed by atoms with Gasteiger partial charge < -0.3 is 5.32 Å². The van der Waals surface area contributed by atoms with E-state index >= 15 is 0 Å². The number of carbonyl (C=O) groups excluding carboxylic acids is 1. The molecular weight excluding hydrogens is 228 g/mol. The Morgan fingerprint density at radius 2 is 2.33 bits per heavy atom. The minimum atomic E-state index is -0.842. The molecule has 0 atom stereocenters. The Morgan fingerprint density at radius 1 is 1.67 bits per heavy atom. The molecule has 0 radical (unpaired) electrons. The normalized spacial score (nSPS) is 26.5. The van der Waals surface area contributed by atoms with E-state index in [0.717, 1.165) is 0 Å². The van der Waals surface area contributed by atoms with Crippen LogP contribution in [0, 0.1) is 22.7 Å². The molecule has 0 aliphatic heterocycles. The number of amides is 1. The van der Waals surface area contributed by atoms with Crippen LogP contribution < -0.4 is 5.32 Å². The van der Waals surface area contributed by atoms with Crippen molar-refractivity contribution in [1.82, 2.24) is 9.78 Å². The Bertz CT molecular complexity index is 491. The van der Waals surface area contributed by atoms with E-state index in [-0.39, 0.29) is 11.9 Å². The standard InChI is InChI=1S/C13H18N4O/c1-9(2)17-11(4-5-15-17)16-12(18)13(8-14)6-10(3)7-13/h4-5,9-10H,6-7H2,1-3H3,(H,16,18). The molecular formula is C13H18N4O. The van der Waals surface area contributed by atoms with Crippen LogP contribution in [0.5, 0.6) is 0 Å². The largest absolute Gasteiger partial charge is 0.310 e. The third-order valence-electron chi connectivity index (χ3n) is 3.44. The van der Waals surface area contributed by atoms with Gasteiger partial charge in [0, 0.05) is 12.1 Å². The molecule has 0 bridgehead atoms. The van der Waals surface area contributed by atoms with Gasteiger partial charge in [-0.3, -0.25) is 4.79 Å². The minimum absolute atomic E-state index is 0.175. The summed E-state index contributed by atoms with van der Waals surface area (Å²) in [4.78, 5) is 12.2. The lowest BCUT2D eigenvalue weighted by Gasteiger charge is -2.39. The summed E-state index contributed by atoms with van der Waals surface area (Å²) >= 11 is 0. The van der Waals surface area contributed by atoms with Gasteiger partial charge in [0.15, 0.2) is 0 Å². The van der Waals surface area contributed by atoms with E-state index in [0.29, 0.717) is 24.6 Å². The van der Waals surface area contributed by atoms with Crippen molar-refractivity contribution in [1.29, 1.82) is 5.26 Å². The third-order valence-corrected chi connectivity index (χ3v) is 3.44. The van der Waals surface area contributed by atoms with Crippen molar-refractivity contribution >= 4 is 11.7 Å². The molecule has 2 rings (SSSR count). The van der Waals surface area contributed by atoms with Crippen molar-refractivity contribution in [3.63, 3.8) is 0 Å². The first-order chi connectivity index (χ1) is 8.48. The number of anilines is 1. The lowest BCUT2D eigenvalue weighted by molar-refractivity contribution is -0.128. The molecule has 0 spiro atoms. The summed E-state index contributed by atoms with van der Waals surface area (Å²) in [5.41, 5.74) is -0.842. The first-order valence-electron chi connectivity index (χ1n) is 6.25. The zero-order chi connectivity index (χ0) is 13.3. The summed E-state index contributed by atoms with van der Waals surface area (Å²) in [5, 5.41) is 16.2. The highest BCUT2D eigenvalue weighted by Crippen LogP contribution is 2.45. The van der Waals surface area contributed by atoms with Gasteiger partial charge in [-0.05, 0) is 32.6 Å². The summed E-state index contributed by atoms with van der Waals surface area (Å²) in [6.45, 7) is 6.05. The molecule has 1 aliphatic rings. The van der Waals surface area contributed by atoms with Gasteiger partial charge in [-0.25, -0.2) is 4.68 Å². The van der Waals surface area contributed by atoms with Gasteiger partial charge in [-0.15, -0.1) is 0 Å². The molecule has 0 unspecified atom stereocenters. The fraction of sp³-hybridized carbons (Fsp3) is 0.615. The van der Waals surface area contributed by atoms with Crippen molar-refractivity contribution in [2.24, 2.45) is 11.3 Å². The first-order valence-corrected chi connectivity index (χ1v) is 6.25. The fourth-order valence-electron chi connectivity index (χ4n) is 2.52. The van der Waals surface area contributed by atoms with E-state index in [1.807, 2.05) is 13.8 Å². The van der Waals surface area contributed by atoms with E-state index in [1.165, 1.54) is 0 Å². The van der Waals surface area contributed by atoms with Crippen molar-refractivity contribution in [2.75, 3.05) is 5.32 Å². The first kappa shape index (κ1) is 12.6. The van der Waals surface area contributed by atoms with Crippen LogP contribution in [0.4, 0.5) is 5.82 Å². The average molecular weight is 246 g/mol. The van der Waals surface area contributed by atoms with Crippen molar-refractivity contribution < 1.29 is 4.79 Å². The lowest BCUT2D eigenvalue weighted by atomic mass is 9.63. The van der Waals surface area contributed by atoms with Gasteiger partial charge in [0.2, 0.25) is 5.91 Å². The summed E-state index contributed by atoms with van der Waals surface area (Å²) in [5.74, 6) is 0.903. The minimum Gasteiger partial charge on any atom is -0.310 e. The number of aromatic nitrogens is 2. The number of hydrogen-bond acceptors (Lipinski definition) is 3. The van der Waals surface area contributed by atoms with E-state index in [1.54, 1.807) is 16.9 Å². The molecule has 1 amide bonds. The molecule has 0 saturated heterocycles. The summed E-state index contributed by atoms with van der Waals surface area (Å²) in [6, 6.07) is 4.09. The highest BCUT2D eigenvalue weighted by molar-refractivity contribution is 5.97. The van der Waals surface area contributed by atoms with Crippen LogP contribution in [0.1, 0.15) is 39.7 Å². The predicted octanol–water partition coefficient (Wildman–Crippen LogP) is 2.34. The van der Waals surface area contributed by atoms with Gasteiger partial charge in [0.1, 0.15) is 11.2 Å². The maximum atomic E-state index is 12.2. The van der Waals surface area contributed by atoms with Crippen LogP contribution in [-0.2, 0) is 4.79 Å². The molecule has 18 heavy (non-hydrogen) atoms. The molecule has 1 aliphatic carbocycles. The Hall–Kier alpha value is -1.83. The van der Waals surface area contributed by atoms with Gasteiger partial charge in [-0.2, -0.15) is 10.4 Å². The number of nitriles is 1. The number of rotatable bonds is 3. The van der Waals surface area contributed by atoms with Crippen molar-refractivity contribution in [2.45, 2.75) is 39.7 Å². The second-order valence-corrected chi connectivity index (χ2v) is 5.42. The van der Waals surface area contributed by atoms with Crippen LogP contribution >= 0.6 is 0 Å². The Morgan fingerprint density at radius 3 is 2.83 bits per heavy atom. The molecule has 1 saturated carbocycles. The summed E-state index contributed by atoms with van der Waals surface area (Å²) in [7, 11) is 0. The van der Waals surface area contributed by atoms with Crippen LogP contribution in [0.25, 0.3) is 0 Å².